The van der Waals surface area contributed by atoms with Gasteiger partial charge in [0.1, 0.15) is 5.01 Å². The summed E-state index contributed by atoms with van der Waals surface area (Å²) in [5.41, 5.74) is 1.14. The first-order valence-electron chi connectivity index (χ1n) is 6.17. The van der Waals surface area contributed by atoms with Crippen LogP contribution in [0.25, 0.3) is 0 Å². The van der Waals surface area contributed by atoms with Crippen LogP contribution in [0.4, 0.5) is 0 Å². The van der Waals surface area contributed by atoms with Gasteiger partial charge in [0.2, 0.25) is 0 Å². The molecule has 0 aromatic carbocycles. The highest BCUT2D eigenvalue weighted by molar-refractivity contribution is 7.09. The molecule has 4 heteroatoms. The Morgan fingerprint density at radius 2 is 2.31 bits per heavy atom. The van der Waals surface area contributed by atoms with Gasteiger partial charge in [-0.15, -0.1) is 11.3 Å². The highest BCUT2D eigenvalue weighted by Crippen LogP contribution is 2.15. The fourth-order valence-corrected chi connectivity index (χ4v) is 2.90. The van der Waals surface area contributed by atoms with Gasteiger partial charge in [-0.3, -0.25) is 0 Å². The molecule has 0 bridgehead atoms. The summed E-state index contributed by atoms with van der Waals surface area (Å²) in [6.45, 7) is 6.52. The number of aromatic nitrogens is 1. The molecule has 0 radical (unpaired) electrons. The molecular formula is C12H21N3S. The SMILES string of the molecule is Cc1csc(CNCCC2CCNCC2)n1. The maximum Gasteiger partial charge on any atom is 0.107 e. The first-order chi connectivity index (χ1) is 7.84. The summed E-state index contributed by atoms with van der Waals surface area (Å²) >= 11 is 1.75. The lowest BCUT2D eigenvalue weighted by Crippen LogP contribution is -2.29. The molecule has 1 aliphatic heterocycles. The second kappa shape index (κ2) is 6.33. The van der Waals surface area contributed by atoms with E-state index in [0.717, 1.165) is 24.7 Å². The Bertz CT molecular complexity index is 305. The van der Waals surface area contributed by atoms with E-state index < -0.39 is 0 Å². The van der Waals surface area contributed by atoms with Gasteiger partial charge < -0.3 is 10.6 Å². The number of hydrogen-bond acceptors (Lipinski definition) is 4. The summed E-state index contributed by atoms with van der Waals surface area (Å²) < 4.78 is 0. The fraction of sp³-hybridized carbons (Fsp3) is 0.750. The van der Waals surface area contributed by atoms with Crippen LogP contribution in [0, 0.1) is 12.8 Å². The van der Waals surface area contributed by atoms with E-state index in [1.165, 1.54) is 37.4 Å². The molecule has 1 aromatic rings. The van der Waals surface area contributed by atoms with E-state index in [1.54, 1.807) is 11.3 Å². The van der Waals surface area contributed by atoms with Crippen molar-refractivity contribution < 1.29 is 0 Å². The number of hydrogen-bond donors (Lipinski definition) is 2. The molecule has 0 saturated carbocycles. The second-order valence-corrected chi connectivity index (χ2v) is 5.48. The van der Waals surface area contributed by atoms with Crippen molar-refractivity contribution in [2.45, 2.75) is 32.7 Å². The Morgan fingerprint density at radius 1 is 1.50 bits per heavy atom. The summed E-state index contributed by atoms with van der Waals surface area (Å²) in [4.78, 5) is 4.44. The third-order valence-electron chi connectivity index (χ3n) is 3.13. The Morgan fingerprint density at radius 3 is 3.00 bits per heavy atom. The number of nitrogens with zero attached hydrogens (tertiary/aromatic N) is 1. The second-order valence-electron chi connectivity index (χ2n) is 4.54. The zero-order valence-electron chi connectivity index (χ0n) is 9.96. The number of piperidine rings is 1. The van der Waals surface area contributed by atoms with E-state index in [-0.39, 0.29) is 0 Å². The van der Waals surface area contributed by atoms with E-state index in [9.17, 15) is 0 Å². The van der Waals surface area contributed by atoms with Crippen LogP contribution >= 0.6 is 11.3 Å². The zero-order valence-corrected chi connectivity index (χ0v) is 10.8. The minimum absolute atomic E-state index is 0.923. The average Bonchev–Trinajstić information content (AvgIpc) is 2.72. The summed E-state index contributed by atoms with van der Waals surface area (Å²) in [6, 6.07) is 0. The number of rotatable bonds is 5. The highest BCUT2D eigenvalue weighted by atomic mass is 32.1. The summed E-state index contributed by atoms with van der Waals surface area (Å²) in [5.74, 6) is 0.923. The fourth-order valence-electron chi connectivity index (χ4n) is 2.16. The molecular weight excluding hydrogens is 218 g/mol. The predicted octanol–water partition coefficient (Wildman–Crippen LogP) is 1.93. The third-order valence-corrected chi connectivity index (χ3v) is 4.10. The lowest BCUT2D eigenvalue weighted by Gasteiger charge is -2.22. The lowest BCUT2D eigenvalue weighted by atomic mass is 9.95. The standard InChI is InChI=1S/C12H21N3S/c1-10-9-16-12(15-10)8-14-7-4-11-2-5-13-6-3-11/h9,11,13-14H,2-8H2,1H3. The van der Waals surface area contributed by atoms with Gasteiger partial charge >= 0.3 is 0 Å². The molecule has 3 nitrogen and oxygen atoms in total. The molecule has 1 aromatic heterocycles. The number of thiazole rings is 1. The molecule has 0 unspecified atom stereocenters. The van der Waals surface area contributed by atoms with E-state index >= 15 is 0 Å². The van der Waals surface area contributed by atoms with Crippen LogP contribution < -0.4 is 10.6 Å². The van der Waals surface area contributed by atoms with Gasteiger partial charge in [0.05, 0.1) is 0 Å². The minimum Gasteiger partial charge on any atom is -0.317 e. The van der Waals surface area contributed by atoms with Crippen molar-refractivity contribution in [3.05, 3.63) is 16.1 Å². The third kappa shape index (κ3) is 3.85. The van der Waals surface area contributed by atoms with Gasteiger partial charge in [0.15, 0.2) is 0 Å². The van der Waals surface area contributed by atoms with Crippen LogP contribution in [0.15, 0.2) is 5.38 Å². The molecule has 16 heavy (non-hydrogen) atoms. The molecule has 0 aliphatic carbocycles. The molecule has 1 saturated heterocycles. The van der Waals surface area contributed by atoms with Crippen LogP contribution in [-0.2, 0) is 6.54 Å². The largest absolute Gasteiger partial charge is 0.317 e. The van der Waals surface area contributed by atoms with E-state index in [1.807, 2.05) is 0 Å². The van der Waals surface area contributed by atoms with Gasteiger partial charge in [-0.2, -0.15) is 0 Å². The maximum absolute atomic E-state index is 4.44. The van der Waals surface area contributed by atoms with Crippen molar-refractivity contribution in [2.75, 3.05) is 19.6 Å². The number of nitrogens with one attached hydrogen (secondary N) is 2. The Hall–Kier alpha value is -0.450. The molecule has 0 spiro atoms. The van der Waals surface area contributed by atoms with E-state index in [2.05, 4.69) is 27.9 Å². The van der Waals surface area contributed by atoms with Crippen molar-refractivity contribution in [3.63, 3.8) is 0 Å². The predicted molar refractivity (Wildman–Crippen MR) is 68.8 cm³/mol. The van der Waals surface area contributed by atoms with Gasteiger partial charge in [-0.1, -0.05) is 0 Å². The van der Waals surface area contributed by atoms with Crippen LogP contribution in [0.1, 0.15) is 30.0 Å². The highest BCUT2D eigenvalue weighted by Gasteiger charge is 2.11. The van der Waals surface area contributed by atoms with E-state index in [4.69, 9.17) is 0 Å². The minimum atomic E-state index is 0.923. The molecule has 1 fully saturated rings. The van der Waals surface area contributed by atoms with Crippen molar-refractivity contribution in [1.82, 2.24) is 15.6 Å². The van der Waals surface area contributed by atoms with Crippen LogP contribution in [0.5, 0.6) is 0 Å². The van der Waals surface area contributed by atoms with Gasteiger partial charge in [0.25, 0.3) is 0 Å². The van der Waals surface area contributed by atoms with Crippen molar-refractivity contribution in [3.8, 4) is 0 Å². The van der Waals surface area contributed by atoms with Gasteiger partial charge in [0, 0.05) is 17.6 Å². The van der Waals surface area contributed by atoms with Crippen molar-refractivity contribution in [1.29, 1.82) is 0 Å². The van der Waals surface area contributed by atoms with Crippen molar-refractivity contribution >= 4 is 11.3 Å². The van der Waals surface area contributed by atoms with E-state index in [0.29, 0.717) is 0 Å². The topological polar surface area (TPSA) is 37.0 Å². The monoisotopic (exact) mass is 239 g/mol. The Balaban J connectivity index is 1.57. The van der Waals surface area contributed by atoms with Crippen LogP contribution in [0.2, 0.25) is 0 Å². The Labute approximate surface area is 102 Å². The summed E-state index contributed by atoms with van der Waals surface area (Å²) in [7, 11) is 0. The Kier molecular flexibility index (Phi) is 4.75. The quantitative estimate of drug-likeness (QED) is 0.771. The van der Waals surface area contributed by atoms with Crippen molar-refractivity contribution in [2.24, 2.45) is 5.92 Å². The average molecular weight is 239 g/mol. The maximum atomic E-state index is 4.44. The molecule has 0 atom stereocenters. The first kappa shape index (κ1) is 12.0. The lowest BCUT2D eigenvalue weighted by molar-refractivity contribution is 0.348. The van der Waals surface area contributed by atoms with Gasteiger partial charge in [-0.25, -0.2) is 4.98 Å². The zero-order chi connectivity index (χ0) is 11.2. The van der Waals surface area contributed by atoms with Gasteiger partial charge in [-0.05, 0) is 51.7 Å². The number of aryl methyl sites for hydroxylation is 1. The first-order valence-corrected chi connectivity index (χ1v) is 7.05. The summed E-state index contributed by atoms with van der Waals surface area (Å²) in [6.07, 6.45) is 4.00. The molecule has 2 N–H and O–H groups in total. The molecule has 2 rings (SSSR count). The van der Waals surface area contributed by atoms with Crippen LogP contribution in [-0.4, -0.2) is 24.6 Å². The molecule has 2 heterocycles. The normalized spacial score (nSPS) is 17.8. The molecule has 1 aliphatic rings. The smallest absolute Gasteiger partial charge is 0.107 e. The van der Waals surface area contributed by atoms with Crippen LogP contribution in [0.3, 0.4) is 0 Å². The summed E-state index contributed by atoms with van der Waals surface area (Å²) in [5, 5.41) is 10.2. The molecule has 90 valence electrons. The molecule has 0 amide bonds.